The van der Waals surface area contributed by atoms with Crippen molar-refractivity contribution < 1.29 is 13.9 Å². The van der Waals surface area contributed by atoms with E-state index in [9.17, 15) is 0 Å². The van der Waals surface area contributed by atoms with Crippen molar-refractivity contribution in [3.05, 3.63) is 66.7 Å². The number of benzene rings is 3. The van der Waals surface area contributed by atoms with E-state index in [1.807, 2.05) is 12.1 Å². The van der Waals surface area contributed by atoms with Gasteiger partial charge in [-0.3, -0.25) is 4.90 Å². The molecule has 6 heteroatoms. The first-order chi connectivity index (χ1) is 15.9. The fraction of sp³-hybridized carbons (Fsp3) is 0.407. The molecule has 0 spiro atoms. The highest BCUT2D eigenvalue weighted by atomic mass is 28.4. The quantitative estimate of drug-likeness (QED) is 0.403. The van der Waals surface area contributed by atoms with Gasteiger partial charge in [-0.2, -0.15) is 0 Å². The van der Waals surface area contributed by atoms with Crippen LogP contribution in [-0.2, 0) is 4.43 Å². The highest BCUT2D eigenvalue weighted by Gasteiger charge is 2.26. The van der Waals surface area contributed by atoms with Crippen LogP contribution in [0, 0.1) is 0 Å². The third-order valence-corrected chi connectivity index (χ3v) is 7.00. The van der Waals surface area contributed by atoms with Crippen LogP contribution in [-0.4, -0.2) is 65.8 Å². The summed E-state index contributed by atoms with van der Waals surface area (Å²) in [5.74, 6) is 1.87. The molecule has 4 rings (SSSR count). The van der Waals surface area contributed by atoms with Gasteiger partial charge in [0.05, 0.1) is 18.9 Å². The molecule has 5 nitrogen and oxygen atoms in total. The van der Waals surface area contributed by atoms with Crippen LogP contribution in [0.25, 0.3) is 10.8 Å². The summed E-state index contributed by atoms with van der Waals surface area (Å²) >= 11 is 0. The lowest BCUT2D eigenvalue weighted by atomic mass is 10.1. The second-order valence-corrected chi connectivity index (χ2v) is 14.1. The first-order valence-corrected chi connectivity index (χ1v) is 15.2. The summed E-state index contributed by atoms with van der Waals surface area (Å²) in [5.41, 5.74) is 1.17. The van der Waals surface area contributed by atoms with Crippen LogP contribution in [0.1, 0.15) is 0 Å². The van der Waals surface area contributed by atoms with Crippen molar-refractivity contribution in [1.29, 1.82) is 0 Å². The Morgan fingerprint density at radius 2 is 1.48 bits per heavy atom. The number of nitrogens with zero attached hydrogens (tertiary/aromatic N) is 2. The number of anilines is 1. The number of hydrogen-bond acceptors (Lipinski definition) is 5. The van der Waals surface area contributed by atoms with Gasteiger partial charge in [-0.1, -0.05) is 48.5 Å². The summed E-state index contributed by atoms with van der Waals surface area (Å²) in [7, 11) is 0.0306. The molecule has 0 amide bonds. The Hall–Kier alpha value is -2.54. The Kier molecular flexibility index (Phi) is 7.58. The smallest absolute Gasteiger partial charge is 0.184 e. The van der Waals surface area contributed by atoms with Gasteiger partial charge in [0.2, 0.25) is 0 Å². The van der Waals surface area contributed by atoms with E-state index in [0.717, 1.165) is 49.6 Å². The van der Waals surface area contributed by atoms with Gasteiger partial charge >= 0.3 is 0 Å². The number of methoxy groups -OCH3 is 1. The predicted octanol–water partition coefficient (Wildman–Crippen LogP) is 5.27. The molecule has 1 fully saturated rings. The topological polar surface area (TPSA) is 34.2 Å². The third-order valence-electron chi connectivity index (χ3n) is 5.95. The van der Waals surface area contributed by atoms with Gasteiger partial charge in [-0.05, 0) is 43.2 Å². The fourth-order valence-corrected chi connectivity index (χ4v) is 5.62. The average Bonchev–Trinajstić information content (AvgIpc) is 2.82. The Balaban J connectivity index is 1.39. The first-order valence-electron chi connectivity index (χ1n) is 11.8. The highest BCUT2D eigenvalue weighted by Crippen LogP contribution is 2.29. The van der Waals surface area contributed by atoms with Gasteiger partial charge in [0.15, 0.2) is 8.32 Å². The van der Waals surface area contributed by atoms with E-state index in [4.69, 9.17) is 13.9 Å². The molecule has 1 aliphatic heterocycles. The summed E-state index contributed by atoms with van der Waals surface area (Å²) in [4.78, 5) is 4.92. The van der Waals surface area contributed by atoms with Crippen molar-refractivity contribution in [2.45, 2.75) is 25.7 Å². The Morgan fingerprint density at radius 1 is 0.818 bits per heavy atom. The Bertz CT molecular complexity index is 1040. The van der Waals surface area contributed by atoms with Gasteiger partial charge in [-0.25, -0.2) is 0 Å². The van der Waals surface area contributed by atoms with Crippen LogP contribution in [0.3, 0.4) is 0 Å². The number of fused-ring (bicyclic) bond motifs is 1. The van der Waals surface area contributed by atoms with Gasteiger partial charge < -0.3 is 18.8 Å². The lowest BCUT2D eigenvalue weighted by Crippen LogP contribution is -2.51. The second-order valence-electron chi connectivity index (χ2n) is 9.60. The molecule has 0 aliphatic carbocycles. The molecule has 1 aliphatic rings. The summed E-state index contributed by atoms with van der Waals surface area (Å²) in [5, 5.41) is 2.35. The molecule has 1 saturated heterocycles. The van der Waals surface area contributed by atoms with Gasteiger partial charge in [-0.15, -0.1) is 0 Å². The van der Waals surface area contributed by atoms with E-state index in [-0.39, 0.29) is 6.10 Å². The summed E-state index contributed by atoms with van der Waals surface area (Å²) < 4.78 is 18.5. The first kappa shape index (κ1) is 23.6. The number of hydrogen-bond donors (Lipinski definition) is 0. The van der Waals surface area contributed by atoms with E-state index < -0.39 is 8.32 Å². The molecule has 0 aromatic heterocycles. The van der Waals surface area contributed by atoms with Crippen molar-refractivity contribution in [3.8, 4) is 11.5 Å². The van der Waals surface area contributed by atoms with Crippen LogP contribution in [0.5, 0.6) is 11.5 Å². The molecule has 0 saturated carbocycles. The van der Waals surface area contributed by atoms with Crippen LogP contribution >= 0.6 is 0 Å². The molecule has 33 heavy (non-hydrogen) atoms. The van der Waals surface area contributed by atoms with E-state index in [2.05, 4.69) is 84.0 Å². The third kappa shape index (κ3) is 6.28. The Labute approximate surface area is 199 Å². The largest absolute Gasteiger partial charge is 0.495 e. The van der Waals surface area contributed by atoms with E-state index in [1.54, 1.807) is 7.11 Å². The van der Waals surface area contributed by atoms with Crippen molar-refractivity contribution in [2.75, 3.05) is 51.3 Å². The van der Waals surface area contributed by atoms with Crippen molar-refractivity contribution in [3.63, 3.8) is 0 Å². The van der Waals surface area contributed by atoms with E-state index in [1.165, 1.54) is 11.1 Å². The molecule has 0 N–H and O–H groups in total. The summed E-state index contributed by atoms with van der Waals surface area (Å²) in [6.07, 6.45) is 0.0495. The fourth-order valence-electron chi connectivity index (χ4n) is 4.48. The predicted molar refractivity (Wildman–Crippen MR) is 139 cm³/mol. The lowest BCUT2D eigenvalue weighted by Gasteiger charge is -2.38. The highest BCUT2D eigenvalue weighted by molar-refractivity contribution is 6.69. The van der Waals surface area contributed by atoms with Crippen LogP contribution in [0.2, 0.25) is 19.6 Å². The van der Waals surface area contributed by atoms with Crippen molar-refractivity contribution in [1.82, 2.24) is 4.90 Å². The molecule has 176 valence electrons. The maximum absolute atomic E-state index is 6.56. The second kappa shape index (κ2) is 10.6. The lowest BCUT2D eigenvalue weighted by molar-refractivity contribution is 0.0794. The normalized spacial score (nSPS) is 16.1. The summed E-state index contributed by atoms with van der Waals surface area (Å²) in [6, 6.07) is 22.9. The maximum Gasteiger partial charge on any atom is 0.184 e. The van der Waals surface area contributed by atoms with Crippen molar-refractivity contribution >= 4 is 24.8 Å². The average molecular weight is 465 g/mol. The van der Waals surface area contributed by atoms with E-state index in [0.29, 0.717) is 6.61 Å². The molecule has 0 radical (unpaired) electrons. The van der Waals surface area contributed by atoms with Crippen molar-refractivity contribution in [2.24, 2.45) is 0 Å². The molecule has 1 atom stereocenters. The minimum absolute atomic E-state index is 0.0495. The number of piperazine rings is 1. The number of rotatable bonds is 9. The minimum atomic E-state index is -1.71. The monoisotopic (exact) mass is 464 g/mol. The van der Waals surface area contributed by atoms with Crippen LogP contribution < -0.4 is 14.4 Å². The number of ether oxygens (including phenoxy) is 2. The molecular formula is C27H36N2O3Si. The standard InChI is InChI=1S/C27H36N2O3Si/c1-30-27-14-8-7-13-25(27)29-18-16-28(17-19-29)20-23(32-33(2,3)4)21-31-26-15-9-11-22-10-5-6-12-24(22)26/h5-15,23H,16-21H2,1-4H3. The molecule has 1 heterocycles. The van der Waals surface area contributed by atoms with Crippen LogP contribution in [0.15, 0.2) is 66.7 Å². The Morgan fingerprint density at radius 3 is 2.24 bits per heavy atom. The van der Waals surface area contributed by atoms with E-state index >= 15 is 0 Å². The van der Waals surface area contributed by atoms with Gasteiger partial charge in [0.25, 0.3) is 0 Å². The number of para-hydroxylation sites is 2. The zero-order chi connectivity index (χ0) is 23.3. The van der Waals surface area contributed by atoms with Crippen LogP contribution in [0.4, 0.5) is 5.69 Å². The SMILES string of the molecule is COc1ccccc1N1CCN(CC(COc2cccc3ccccc23)O[Si](C)(C)C)CC1. The zero-order valence-corrected chi connectivity index (χ0v) is 21.3. The zero-order valence-electron chi connectivity index (χ0n) is 20.3. The molecule has 3 aromatic carbocycles. The molecular weight excluding hydrogens is 428 g/mol. The maximum atomic E-state index is 6.56. The molecule has 1 unspecified atom stereocenters. The molecule has 0 bridgehead atoms. The van der Waals surface area contributed by atoms with Gasteiger partial charge in [0, 0.05) is 38.1 Å². The minimum Gasteiger partial charge on any atom is -0.495 e. The van der Waals surface area contributed by atoms with Gasteiger partial charge in [0.1, 0.15) is 18.1 Å². The molecule has 3 aromatic rings. The summed E-state index contributed by atoms with van der Waals surface area (Å²) in [6.45, 7) is 12.1.